The Labute approximate surface area is 114 Å². The molecule has 0 radical (unpaired) electrons. The largest absolute Gasteiger partial charge is 0.398 e. The number of piperidine rings is 1. The molecule has 5 heteroatoms. The molecule has 0 bridgehead atoms. The van der Waals surface area contributed by atoms with Crippen molar-refractivity contribution in [3.05, 3.63) is 24.0 Å². The fourth-order valence-electron chi connectivity index (χ4n) is 2.59. The smallest absolute Gasteiger partial charge is 0.257 e. The first kappa shape index (κ1) is 13.8. The van der Waals surface area contributed by atoms with E-state index < -0.39 is 0 Å². The van der Waals surface area contributed by atoms with Crippen LogP contribution in [0.5, 0.6) is 0 Å². The molecule has 2 heterocycles. The third-order valence-electron chi connectivity index (χ3n) is 3.61. The van der Waals surface area contributed by atoms with E-state index in [2.05, 4.69) is 24.0 Å². The number of aromatic nitrogens is 1. The zero-order valence-electron chi connectivity index (χ0n) is 11.7. The maximum Gasteiger partial charge on any atom is 0.257 e. The molecule has 2 N–H and O–H groups in total. The summed E-state index contributed by atoms with van der Waals surface area (Å²) in [6, 6.07) is 1.67. The molecule has 1 amide bonds. The van der Waals surface area contributed by atoms with Crippen molar-refractivity contribution in [2.45, 2.75) is 12.8 Å². The van der Waals surface area contributed by atoms with E-state index in [-0.39, 0.29) is 5.91 Å². The zero-order chi connectivity index (χ0) is 13.8. The molecule has 0 unspecified atom stereocenters. The van der Waals surface area contributed by atoms with Gasteiger partial charge >= 0.3 is 0 Å². The van der Waals surface area contributed by atoms with Gasteiger partial charge in [-0.05, 0) is 38.9 Å². The summed E-state index contributed by atoms with van der Waals surface area (Å²) in [5.41, 5.74) is 6.86. The van der Waals surface area contributed by atoms with Gasteiger partial charge in [0.2, 0.25) is 0 Å². The predicted molar refractivity (Wildman–Crippen MR) is 75.8 cm³/mol. The number of carbonyl (C=O) groups excluding carboxylic acids is 1. The number of nitrogens with zero attached hydrogens (tertiary/aromatic N) is 3. The van der Waals surface area contributed by atoms with Crippen molar-refractivity contribution in [1.29, 1.82) is 0 Å². The van der Waals surface area contributed by atoms with Crippen molar-refractivity contribution in [3.63, 3.8) is 0 Å². The molecule has 104 valence electrons. The molecule has 0 atom stereocenters. The lowest BCUT2D eigenvalue weighted by molar-refractivity contribution is 0.0678. The van der Waals surface area contributed by atoms with Gasteiger partial charge in [-0.1, -0.05) is 0 Å². The number of rotatable bonds is 3. The molecule has 0 aliphatic carbocycles. The highest BCUT2D eigenvalue weighted by molar-refractivity contribution is 5.98. The van der Waals surface area contributed by atoms with Gasteiger partial charge < -0.3 is 15.5 Å². The standard InChI is InChI=1S/C14H22N4O/c1-17(2)10-11-4-7-18(8-5-11)14(19)12-9-16-6-3-13(12)15/h3,6,9,11H,4-5,7-8,10H2,1-2H3,(H2,15,16). The second kappa shape index (κ2) is 6.02. The van der Waals surface area contributed by atoms with Gasteiger partial charge in [0.05, 0.1) is 5.56 Å². The summed E-state index contributed by atoms with van der Waals surface area (Å²) < 4.78 is 0. The minimum Gasteiger partial charge on any atom is -0.398 e. The minimum absolute atomic E-state index is 0.00824. The topological polar surface area (TPSA) is 62.5 Å². The molecule has 1 aliphatic heterocycles. The number of nitrogens with two attached hydrogens (primary N) is 1. The van der Waals surface area contributed by atoms with Crippen LogP contribution in [0.4, 0.5) is 5.69 Å². The molecule has 1 aliphatic rings. The number of pyridine rings is 1. The van der Waals surface area contributed by atoms with Crippen molar-refractivity contribution in [2.24, 2.45) is 5.92 Å². The zero-order valence-corrected chi connectivity index (χ0v) is 11.7. The monoisotopic (exact) mass is 262 g/mol. The second-order valence-electron chi connectivity index (χ2n) is 5.46. The van der Waals surface area contributed by atoms with Gasteiger partial charge in [-0.25, -0.2) is 0 Å². The van der Waals surface area contributed by atoms with Crippen molar-refractivity contribution in [3.8, 4) is 0 Å². The van der Waals surface area contributed by atoms with Gasteiger partial charge in [0.25, 0.3) is 5.91 Å². The average molecular weight is 262 g/mol. The molecule has 19 heavy (non-hydrogen) atoms. The highest BCUT2D eigenvalue weighted by Gasteiger charge is 2.24. The molecule has 0 saturated carbocycles. The number of carbonyl (C=O) groups is 1. The quantitative estimate of drug-likeness (QED) is 0.885. The lowest BCUT2D eigenvalue weighted by atomic mass is 9.96. The van der Waals surface area contributed by atoms with Crippen LogP contribution in [0, 0.1) is 5.92 Å². The van der Waals surface area contributed by atoms with Gasteiger partial charge in [0.1, 0.15) is 0 Å². The normalized spacial score (nSPS) is 16.9. The Kier molecular flexibility index (Phi) is 4.37. The number of likely N-dealkylation sites (tertiary alicyclic amines) is 1. The van der Waals surface area contributed by atoms with E-state index in [0.717, 1.165) is 32.5 Å². The number of anilines is 1. The number of hydrogen-bond acceptors (Lipinski definition) is 4. The fourth-order valence-corrected chi connectivity index (χ4v) is 2.59. The number of nitrogen functional groups attached to an aromatic ring is 1. The Bertz CT molecular complexity index is 439. The van der Waals surface area contributed by atoms with Crippen LogP contribution in [0.1, 0.15) is 23.2 Å². The Morgan fingerprint density at radius 2 is 2.16 bits per heavy atom. The van der Waals surface area contributed by atoms with E-state index in [1.54, 1.807) is 18.5 Å². The van der Waals surface area contributed by atoms with Crippen molar-refractivity contribution in [2.75, 3.05) is 39.5 Å². The first-order valence-corrected chi connectivity index (χ1v) is 6.71. The van der Waals surface area contributed by atoms with E-state index in [9.17, 15) is 4.79 Å². The number of hydrogen-bond donors (Lipinski definition) is 1. The highest BCUT2D eigenvalue weighted by Crippen LogP contribution is 2.21. The number of amides is 1. The molecule has 2 rings (SSSR count). The Morgan fingerprint density at radius 3 is 2.74 bits per heavy atom. The fraction of sp³-hybridized carbons (Fsp3) is 0.571. The van der Waals surface area contributed by atoms with Crippen LogP contribution < -0.4 is 5.73 Å². The van der Waals surface area contributed by atoms with E-state index >= 15 is 0 Å². The van der Waals surface area contributed by atoms with Gasteiger partial charge in [0, 0.05) is 37.7 Å². The van der Waals surface area contributed by atoms with Crippen LogP contribution in [0.3, 0.4) is 0 Å². The van der Waals surface area contributed by atoms with E-state index in [4.69, 9.17) is 5.73 Å². The molecule has 1 aromatic heterocycles. The first-order valence-electron chi connectivity index (χ1n) is 6.71. The van der Waals surface area contributed by atoms with Crippen LogP contribution in [0.2, 0.25) is 0 Å². The SMILES string of the molecule is CN(C)CC1CCN(C(=O)c2cnccc2N)CC1. The maximum atomic E-state index is 12.3. The van der Waals surface area contributed by atoms with Crippen LogP contribution in [0.15, 0.2) is 18.5 Å². The molecule has 1 fully saturated rings. The van der Waals surface area contributed by atoms with Crippen LogP contribution in [-0.4, -0.2) is 54.4 Å². The molecule has 0 aromatic carbocycles. The molecule has 0 spiro atoms. The van der Waals surface area contributed by atoms with E-state index in [1.165, 1.54) is 0 Å². The molecule has 1 saturated heterocycles. The maximum absolute atomic E-state index is 12.3. The van der Waals surface area contributed by atoms with E-state index in [1.807, 2.05) is 4.90 Å². The highest BCUT2D eigenvalue weighted by atomic mass is 16.2. The summed E-state index contributed by atoms with van der Waals surface area (Å²) in [7, 11) is 4.18. The minimum atomic E-state index is 0.00824. The molecular formula is C14H22N4O. The van der Waals surface area contributed by atoms with Crippen molar-refractivity contribution >= 4 is 11.6 Å². The lowest BCUT2D eigenvalue weighted by Crippen LogP contribution is -2.40. The van der Waals surface area contributed by atoms with Crippen LogP contribution in [-0.2, 0) is 0 Å². The van der Waals surface area contributed by atoms with Gasteiger partial charge in [-0.2, -0.15) is 0 Å². The lowest BCUT2D eigenvalue weighted by Gasteiger charge is -2.33. The Hall–Kier alpha value is -1.62. The Morgan fingerprint density at radius 1 is 1.47 bits per heavy atom. The average Bonchev–Trinajstić information content (AvgIpc) is 2.39. The summed E-state index contributed by atoms with van der Waals surface area (Å²) in [5.74, 6) is 0.694. The third-order valence-corrected chi connectivity index (χ3v) is 3.61. The summed E-state index contributed by atoms with van der Waals surface area (Å²) in [6.07, 6.45) is 5.28. The summed E-state index contributed by atoms with van der Waals surface area (Å²) in [4.78, 5) is 20.4. The van der Waals surface area contributed by atoms with Crippen LogP contribution in [0.25, 0.3) is 0 Å². The molecule has 5 nitrogen and oxygen atoms in total. The van der Waals surface area contributed by atoms with Crippen LogP contribution >= 0.6 is 0 Å². The third kappa shape index (κ3) is 3.44. The van der Waals surface area contributed by atoms with E-state index in [0.29, 0.717) is 17.2 Å². The predicted octanol–water partition coefficient (Wildman–Crippen LogP) is 1.08. The van der Waals surface area contributed by atoms with Gasteiger partial charge in [0.15, 0.2) is 0 Å². The first-order chi connectivity index (χ1) is 9.08. The second-order valence-corrected chi connectivity index (χ2v) is 5.46. The molecule has 1 aromatic rings. The summed E-state index contributed by atoms with van der Waals surface area (Å²) in [5, 5.41) is 0. The van der Waals surface area contributed by atoms with Crippen molar-refractivity contribution < 1.29 is 4.79 Å². The summed E-state index contributed by atoms with van der Waals surface area (Å²) in [6.45, 7) is 2.72. The molecular weight excluding hydrogens is 240 g/mol. The van der Waals surface area contributed by atoms with Gasteiger partial charge in [-0.3, -0.25) is 9.78 Å². The summed E-state index contributed by atoms with van der Waals surface area (Å²) >= 11 is 0. The Balaban J connectivity index is 1.95. The van der Waals surface area contributed by atoms with Crippen molar-refractivity contribution in [1.82, 2.24) is 14.8 Å². The van der Waals surface area contributed by atoms with Gasteiger partial charge in [-0.15, -0.1) is 0 Å².